The largest absolute Gasteiger partial charge is 0.309 e. The zero-order chi connectivity index (χ0) is 19.2. The minimum absolute atomic E-state index is 0.0804. The molecule has 0 saturated carbocycles. The molecule has 1 N–H and O–H groups in total. The Hall–Kier alpha value is -2.33. The molecule has 142 valence electrons. The highest BCUT2D eigenvalue weighted by atomic mass is 35.5. The van der Waals surface area contributed by atoms with E-state index in [-0.39, 0.29) is 10.1 Å². The summed E-state index contributed by atoms with van der Waals surface area (Å²) in [4.78, 5) is 11.4. The van der Waals surface area contributed by atoms with Crippen molar-refractivity contribution in [2.24, 2.45) is 0 Å². The van der Waals surface area contributed by atoms with E-state index in [4.69, 9.17) is 16.5 Å². The van der Waals surface area contributed by atoms with Crippen molar-refractivity contribution in [3.8, 4) is 0 Å². The third-order valence-electron chi connectivity index (χ3n) is 4.40. The summed E-state index contributed by atoms with van der Waals surface area (Å²) in [5, 5.41) is 2.36. The molecule has 0 fully saturated rings. The lowest BCUT2D eigenvalue weighted by Crippen LogP contribution is -2.26. The van der Waals surface area contributed by atoms with Crippen LogP contribution >= 0.6 is 11.6 Å². The van der Waals surface area contributed by atoms with E-state index in [2.05, 4.69) is 15.4 Å². The fraction of sp³-hybridized carbons (Fsp3) is 0.235. The van der Waals surface area contributed by atoms with E-state index in [1.165, 1.54) is 27.4 Å². The van der Waals surface area contributed by atoms with Gasteiger partial charge in [-0.15, -0.1) is 0 Å². The Morgan fingerprint density at radius 2 is 2.15 bits per heavy atom. The molecule has 0 saturated heterocycles. The lowest BCUT2D eigenvalue weighted by molar-refractivity contribution is -0.117. The molecule has 4 heterocycles. The van der Waals surface area contributed by atoms with Crippen molar-refractivity contribution in [2.45, 2.75) is 6.42 Å². The van der Waals surface area contributed by atoms with Gasteiger partial charge in [0.15, 0.2) is 0 Å². The van der Waals surface area contributed by atoms with Crippen molar-refractivity contribution < 1.29 is 13.4 Å². The van der Waals surface area contributed by atoms with E-state index in [0.717, 1.165) is 23.9 Å². The first-order valence-corrected chi connectivity index (χ1v) is 10.1. The first kappa shape index (κ1) is 18.1. The molecule has 0 amide bonds. The van der Waals surface area contributed by atoms with Crippen LogP contribution in [-0.4, -0.2) is 48.0 Å². The van der Waals surface area contributed by atoms with Gasteiger partial charge in [0.05, 0.1) is 17.9 Å². The molecule has 10 heteroatoms. The lowest BCUT2D eigenvalue weighted by Gasteiger charge is -2.22. The summed E-state index contributed by atoms with van der Waals surface area (Å²) < 4.78 is 28.1. The molecule has 4 rings (SSSR count). The number of hydroxylamine groups is 3. The predicted octanol–water partition coefficient (Wildman–Crippen LogP) is 1.89. The second-order valence-corrected chi connectivity index (χ2v) is 8.63. The molecule has 0 bridgehead atoms. The van der Waals surface area contributed by atoms with Crippen LogP contribution in [-0.2, 0) is 21.4 Å². The molecule has 8 nitrogen and oxygen atoms in total. The zero-order valence-corrected chi connectivity index (χ0v) is 16.3. The van der Waals surface area contributed by atoms with Crippen molar-refractivity contribution in [2.75, 3.05) is 20.6 Å². The molecule has 0 aromatic carbocycles. The number of aromatic nitrogens is 2. The van der Waals surface area contributed by atoms with Gasteiger partial charge in [0, 0.05) is 24.3 Å². The van der Waals surface area contributed by atoms with Crippen molar-refractivity contribution in [3.63, 3.8) is 0 Å². The van der Waals surface area contributed by atoms with Gasteiger partial charge in [-0.25, -0.2) is 17.9 Å². The fourth-order valence-electron chi connectivity index (χ4n) is 3.05. The van der Waals surface area contributed by atoms with Gasteiger partial charge in [0.1, 0.15) is 15.8 Å². The third-order valence-corrected chi connectivity index (χ3v) is 6.40. The topological polar surface area (TPSA) is 79.7 Å². The molecule has 0 aliphatic carbocycles. The highest BCUT2D eigenvalue weighted by Crippen LogP contribution is 2.35. The van der Waals surface area contributed by atoms with Gasteiger partial charge in [-0.2, -0.15) is 10.0 Å². The second kappa shape index (κ2) is 6.68. The van der Waals surface area contributed by atoms with Crippen molar-refractivity contribution in [1.82, 2.24) is 24.4 Å². The van der Waals surface area contributed by atoms with Crippen LogP contribution < -0.4 is 5.48 Å². The van der Waals surface area contributed by atoms with E-state index in [9.17, 15) is 8.42 Å². The van der Waals surface area contributed by atoms with Crippen LogP contribution in [0.4, 0.5) is 0 Å². The van der Waals surface area contributed by atoms with E-state index in [1.54, 1.807) is 18.6 Å². The Kier molecular flexibility index (Phi) is 4.47. The van der Waals surface area contributed by atoms with Gasteiger partial charge in [0.25, 0.3) is 10.0 Å². The van der Waals surface area contributed by atoms with Gasteiger partial charge in [-0.3, -0.25) is 4.98 Å². The number of allylic oxidation sites excluding steroid dienone is 2. The van der Waals surface area contributed by atoms with Crippen LogP contribution in [0.15, 0.2) is 58.8 Å². The highest BCUT2D eigenvalue weighted by Gasteiger charge is 2.35. The van der Waals surface area contributed by atoms with Crippen molar-refractivity contribution in [1.29, 1.82) is 0 Å². The molecule has 0 unspecified atom stereocenters. The molecule has 2 aliphatic heterocycles. The normalized spacial score (nSPS) is 16.9. The maximum atomic E-state index is 13.4. The molecule has 27 heavy (non-hydrogen) atoms. The fourth-order valence-corrected chi connectivity index (χ4v) is 4.77. The standard InChI is InChI=1S/C17H18ClN5O3S/c1-21(2)8-6-12-11-22(14-9-19-7-5-13(12)14)27(24,25)16-3-4-17(18)23-15(16)10-20-26-23/h3-5,7,9-11,20H,6,8H2,1-2H3. The Balaban J connectivity index is 1.84. The van der Waals surface area contributed by atoms with Gasteiger partial charge in [-0.1, -0.05) is 11.6 Å². The highest BCUT2D eigenvalue weighted by molar-refractivity contribution is 7.94. The molecular formula is C17H18ClN5O3S. The number of nitrogens with one attached hydrogen (secondary N) is 1. The summed E-state index contributed by atoms with van der Waals surface area (Å²) in [5.74, 6) is 0. The number of hydrogen-bond donors (Lipinski definition) is 1. The molecule has 0 spiro atoms. The maximum absolute atomic E-state index is 13.4. The molecule has 2 aliphatic rings. The summed E-state index contributed by atoms with van der Waals surface area (Å²) >= 11 is 6.07. The zero-order valence-electron chi connectivity index (χ0n) is 14.8. The van der Waals surface area contributed by atoms with Gasteiger partial charge in [0.2, 0.25) is 0 Å². The summed E-state index contributed by atoms with van der Waals surface area (Å²) in [7, 11) is 0.0684. The molecular weight excluding hydrogens is 390 g/mol. The predicted molar refractivity (Wildman–Crippen MR) is 102 cm³/mol. The summed E-state index contributed by atoms with van der Waals surface area (Å²) in [6.45, 7) is 0.805. The number of fused-ring (bicyclic) bond motifs is 2. The number of nitrogens with zero attached hydrogens (tertiary/aromatic N) is 4. The summed E-state index contributed by atoms with van der Waals surface area (Å²) in [6.07, 6.45) is 10.0. The van der Waals surface area contributed by atoms with Crippen LogP contribution in [0.5, 0.6) is 0 Å². The number of halogens is 1. The Labute approximate surface area is 161 Å². The van der Waals surface area contributed by atoms with E-state index in [1.807, 2.05) is 20.2 Å². The lowest BCUT2D eigenvalue weighted by atomic mass is 10.1. The molecule has 0 radical (unpaired) electrons. The molecule has 0 atom stereocenters. The number of rotatable bonds is 5. The third kappa shape index (κ3) is 3.02. The number of likely N-dealkylation sites (N-methyl/N-ethyl adjacent to an activating group) is 1. The minimum Gasteiger partial charge on any atom is -0.309 e. The quantitative estimate of drug-likeness (QED) is 0.758. The van der Waals surface area contributed by atoms with Crippen LogP contribution in [0.2, 0.25) is 0 Å². The Morgan fingerprint density at radius 1 is 1.33 bits per heavy atom. The van der Waals surface area contributed by atoms with E-state index in [0.29, 0.717) is 11.2 Å². The summed E-state index contributed by atoms with van der Waals surface area (Å²) in [5.41, 5.74) is 4.33. The number of pyridine rings is 1. The Morgan fingerprint density at radius 3 is 2.93 bits per heavy atom. The second-order valence-electron chi connectivity index (χ2n) is 6.45. The van der Waals surface area contributed by atoms with E-state index >= 15 is 0 Å². The summed E-state index contributed by atoms with van der Waals surface area (Å²) in [6, 6.07) is 1.84. The first-order chi connectivity index (χ1) is 12.9. The van der Waals surface area contributed by atoms with Crippen LogP contribution in [0, 0.1) is 0 Å². The SMILES string of the molecule is CN(C)CCc1cn(S(=O)(=O)C2=CC=C(Cl)N3ONC=C23)c2cnccc12. The molecule has 2 aromatic rings. The first-order valence-electron chi connectivity index (χ1n) is 8.24. The van der Waals surface area contributed by atoms with Crippen LogP contribution in [0.3, 0.4) is 0 Å². The van der Waals surface area contributed by atoms with Gasteiger partial charge >= 0.3 is 0 Å². The van der Waals surface area contributed by atoms with Crippen molar-refractivity contribution in [3.05, 3.63) is 64.3 Å². The van der Waals surface area contributed by atoms with Crippen LogP contribution in [0.1, 0.15) is 5.56 Å². The smallest absolute Gasteiger partial charge is 0.270 e. The number of hydrogen-bond acceptors (Lipinski definition) is 7. The maximum Gasteiger partial charge on any atom is 0.270 e. The van der Waals surface area contributed by atoms with Crippen molar-refractivity contribution >= 4 is 32.5 Å². The minimum atomic E-state index is -3.89. The average molecular weight is 408 g/mol. The van der Waals surface area contributed by atoms with Crippen LogP contribution in [0.25, 0.3) is 10.9 Å². The van der Waals surface area contributed by atoms with Gasteiger partial charge in [-0.05, 0) is 44.3 Å². The Bertz CT molecular complexity index is 1100. The van der Waals surface area contributed by atoms with E-state index < -0.39 is 10.0 Å². The average Bonchev–Trinajstić information content (AvgIpc) is 3.26. The monoisotopic (exact) mass is 407 g/mol. The van der Waals surface area contributed by atoms with Gasteiger partial charge < -0.3 is 4.90 Å². The molecule has 2 aromatic heterocycles.